The quantitative estimate of drug-likeness (QED) is 0.577. The van der Waals surface area contributed by atoms with Crippen molar-refractivity contribution in [2.45, 2.75) is 50.4 Å². The molecule has 1 aromatic carbocycles. The maximum absolute atomic E-state index is 12.3. The van der Waals surface area contributed by atoms with E-state index in [4.69, 9.17) is 13.3 Å². The first-order valence-corrected chi connectivity index (χ1v) is 13.5. The Morgan fingerprint density at radius 2 is 1.92 bits per heavy atom. The molecule has 0 bridgehead atoms. The summed E-state index contributed by atoms with van der Waals surface area (Å²) >= 11 is 0. The van der Waals surface area contributed by atoms with E-state index >= 15 is 0 Å². The van der Waals surface area contributed by atoms with Crippen LogP contribution in [0.1, 0.15) is 18.4 Å². The zero-order valence-electron chi connectivity index (χ0n) is 15.0. The van der Waals surface area contributed by atoms with E-state index in [0.29, 0.717) is 19.4 Å². The van der Waals surface area contributed by atoms with Crippen LogP contribution in [0.5, 0.6) is 0 Å². The van der Waals surface area contributed by atoms with Crippen molar-refractivity contribution in [3.05, 3.63) is 47.7 Å². The minimum Gasteiger partial charge on any atom is -0.548 e. The largest absolute Gasteiger partial charge is 0.548 e. The van der Waals surface area contributed by atoms with Gasteiger partial charge in [0.2, 0.25) is 8.32 Å². The van der Waals surface area contributed by atoms with Crippen molar-refractivity contribution >= 4 is 18.4 Å². The second-order valence-corrected chi connectivity index (χ2v) is 13.9. The van der Waals surface area contributed by atoms with Gasteiger partial charge in [0.25, 0.3) is 10.1 Å². The van der Waals surface area contributed by atoms with Gasteiger partial charge in [0, 0.05) is 12.3 Å². The molecule has 1 saturated heterocycles. The van der Waals surface area contributed by atoms with E-state index in [9.17, 15) is 8.42 Å². The van der Waals surface area contributed by atoms with Gasteiger partial charge in [-0.2, -0.15) is 8.42 Å². The fourth-order valence-corrected chi connectivity index (χ4v) is 5.85. The van der Waals surface area contributed by atoms with Crippen LogP contribution >= 0.6 is 0 Å². The number of rotatable bonds is 5. The monoisotopic (exact) mass is 382 g/mol. The van der Waals surface area contributed by atoms with Gasteiger partial charge in [0.15, 0.2) is 0 Å². The van der Waals surface area contributed by atoms with Crippen LogP contribution in [0.4, 0.5) is 0 Å². The zero-order chi connectivity index (χ0) is 18.1. The van der Waals surface area contributed by atoms with E-state index in [-0.39, 0.29) is 18.6 Å². The molecule has 138 valence electrons. The van der Waals surface area contributed by atoms with E-state index in [0.717, 1.165) is 11.3 Å². The van der Waals surface area contributed by atoms with E-state index in [1.807, 2.05) is 36.4 Å². The zero-order valence-corrected chi connectivity index (χ0v) is 16.8. The molecular weight excluding hydrogens is 356 g/mol. The molecule has 5 nitrogen and oxygen atoms in total. The van der Waals surface area contributed by atoms with E-state index in [1.54, 1.807) is 0 Å². The normalized spacial score (nSPS) is 28.8. The molecule has 0 N–H and O–H groups in total. The third-order valence-electron chi connectivity index (χ3n) is 4.48. The topological polar surface area (TPSA) is 61.8 Å². The maximum atomic E-state index is 12.3. The smallest absolute Gasteiger partial charge is 0.271 e. The van der Waals surface area contributed by atoms with Crippen LogP contribution in [-0.2, 0) is 30.1 Å². The Kier molecular flexibility index (Phi) is 5.39. The second kappa shape index (κ2) is 7.23. The molecule has 2 aliphatic rings. The van der Waals surface area contributed by atoms with Gasteiger partial charge in [-0.1, -0.05) is 30.3 Å². The lowest BCUT2D eigenvalue weighted by molar-refractivity contribution is -0.0419. The average Bonchev–Trinajstić information content (AvgIpc) is 2.53. The lowest BCUT2D eigenvalue weighted by Gasteiger charge is -2.40. The SMILES string of the molecule is C[Si](C)(C)OC1=CC[C@H]2[C@@H](C1)[C@H](OCc1ccccc1)COS2(=O)=O. The fraction of sp³-hybridized carbons (Fsp3) is 0.556. The Bertz CT molecular complexity index is 724. The van der Waals surface area contributed by atoms with Gasteiger partial charge >= 0.3 is 0 Å². The number of hydrogen-bond acceptors (Lipinski definition) is 5. The molecule has 0 aromatic heterocycles. The van der Waals surface area contributed by atoms with Crippen LogP contribution in [0.25, 0.3) is 0 Å². The molecule has 7 heteroatoms. The minimum absolute atomic E-state index is 0.0799. The molecule has 1 aliphatic carbocycles. The summed E-state index contributed by atoms with van der Waals surface area (Å²) in [5, 5.41) is -0.545. The Morgan fingerprint density at radius 1 is 1.20 bits per heavy atom. The average molecular weight is 383 g/mol. The number of allylic oxidation sites excluding steroid dienone is 2. The highest BCUT2D eigenvalue weighted by Gasteiger charge is 2.46. The molecule has 25 heavy (non-hydrogen) atoms. The molecule has 0 radical (unpaired) electrons. The van der Waals surface area contributed by atoms with Crippen molar-refractivity contribution in [2.24, 2.45) is 5.92 Å². The van der Waals surface area contributed by atoms with Gasteiger partial charge in [-0.3, -0.25) is 4.18 Å². The number of benzene rings is 1. The van der Waals surface area contributed by atoms with E-state index in [2.05, 4.69) is 19.6 Å². The van der Waals surface area contributed by atoms with Gasteiger partial charge in [-0.05, 0) is 37.7 Å². The summed E-state index contributed by atoms with van der Waals surface area (Å²) in [6.45, 7) is 6.92. The summed E-state index contributed by atoms with van der Waals surface area (Å²) in [6.07, 6.45) is 2.69. The first-order chi connectivity index (χ1) is 11.7. The summed E-state index contributed by atoms with van der Waals surface area (Å²) < 4.78 is 41.9. The number of ether oxygens (including phenoxy) is 1. The van der Waals surface area contributed by atoms with Crippen molar-refractivity contribution in [3.8, 4) is 0 Å². The maximum Gasteiger partial charge on any atom is 0.271 e. The minimum atomic E-state index is -3.54. The standard InChI is InChI=1S/C18H26O5SSi/c1-25(2,3)23-15-9-10-18-16(11-15)17(13-22-24(18,19)20)21-12-14-7-5-4-6-8-14/h4-9,16-18H,10-13H2,1-3H3/t16-,17+,18-/m0/s1. The number of fused-ring (bicyclic) bond motifs is 1. The molecule has 1 aromatic rings. The van der Waals surface area contributed by atoms with E-state index < -0.39 is 23.7 Å². The van der Waals surface area contributed by atoms with E-state index in [1.165, 1.54) is 0 Å². The molecule has 1 fully saturated rings. The highest BCUT2D eigenvalue weighted by Crippen LogP contribution is 2.38. The van der Waals surface area contributed by atoms with Crippen LogP contribution < -0.4 is 0 Å². The summed E-state index contributed by atoms with van der Waals surface area (Å²) in [7, 11) is -5.26. The molecule has 1 aliphatic heterocycles. The molecule has 0 saturated carbocycles. The van der Waals surface area contributed by atoms with Gasteiger partial charge < -0.3 is 9.16 Å². The highest BCUT2D eigenvalue weighted by molar-refractivity contribution is 7.87. The van der Waals surface area contributed by atoms with Crippen LogP contribution in [-0.4, -0.2) is 34.7 Å². The van der Waals surface area contributed by atoms with Crippen molar-refractivity contribution in [1.82, 2.24) is 0 Å². The molecule has 0 unspecified atom stereocenters. The molecule has 1 heterocycles. The molecule has 3 atom stereocenters. The van der Waals surface area contributed by atoms with Crippen molar-refractivity contribution in [2.75, 3.05) is 6.61 Å². The molecule has 0 amide bonds. The second-order valence-electron chi connectivity index (χ2n) is 7.64. The summed E-state index contributed by atoms with van der Waals surface area (Å²) in [6, 6.07) is 9.89. The molecular formula is C18H26O5SSi. The van der Waals surface area contributed by atoms with Crippen molar-refractivity contribution in [3.63, 3.8) is 0 Å². The first kappa shape index (κ1) is 18.6. The molecule has 3 rings (SSSR count). The lowest BCUT2D eigenvalue weighted by atomic mass is 9.87. The van der Waals surface area contributed by atoms with Crippen LogP contribution in [0, 0.1) is 5.92 Å². The van der Waals surface area contributed by atoms with Gasteiger partial charge in [0.05, 0.1) is 30.3 Å². The number of hydrogen-bond donors (Lipinski definition) is 0. The summed E-state index contributed by atoms with van der Waals surface area (Å²) in [4.78, 5) is 0. The predicted molar refractivity (Wildman–Crippen MR) is 98.9 cm³/mol. The van der Waals surface area contributed by atoms with Crippen molar-refractivity contribution in [1.29, 1.82) is 0 Å². The third kappa shape index (κ3) is 4.72. The van der Waals surface area contributed by atoms with Crippen molar-refractivity contribution < 1.29 is 21.8 Å². The van der Waals surface area contributed by atoms with Gasteiger partial charge in [-0.25, -0.2) is 0 Å². The Labute approximate surface area is 151 Å². The Hall–Kier alpha value is -1.15. The van der Waals surface area contributed by atoms with Crippen LogP contribution in [0.15, 0.2) is 42.2 Å². The Morgan fingerprint density at radius 3 is 2.60 bits per heavy atom. The third-order valence-corrected chi connectivity index (χ3v) is 7.10. The van der Waals surface area contributed by atoms with Gasteiger partial charge in [0.1, 0.15) is 0 Å². The van der Waals surface area contributed by atoms with Crippen LogP contribution in [0.2, 0.25) is 19.6 Å². The predicted octanol–water partition coefficient (Wildman–Crippen LogP) is 3.45. The summed E-state index contributed by atoms with van der Waals surface area (Å²) in [5.41, 5.74) is 1.07. The highest BCUT2D eigenvalue weighted by atomic mass is 32.2. The van der Waals surface area contributed by atoms with Crippen LogP contribution in [0.3, 0.4) is 0 Å². The first-order valence-electron chi connectivity index (χ1n) is 8.66. The molecule has 0 spiro atoms. The Balaban J connectivity index is 1.73. The fourth-order valence-electron chi connectivity index (χ4n) is 3.37. The van der Waals surface area contributed by atoms with Gasteiger partial charge in [-0.15, -0.1) is 0 Å². The summed E-state index contributed by atoms with van der Waals surface area (Å²) in [5.74, 6) is 0.782. The lowest BCUT2D eigenvalue weighted by Crippen LogP contribution is -2.49.